The van der Waals surface area contributed by atoms with Gasteiger partial charge >= 0.3 is 0 Å². The fourth-order valence-electron chi connectivity index (χ4n) is 3.73. The summed E-state index contributed by atoms with van der Waals surface area (Å²) in [5.41, 5.74) is 1.22. The molecule has 3 atom stereocenters. The number of nitrogens with zero attached hydrogens (tertiary/aromatic N) is 4. The van der Waals surface area contributed by atoms with Gasteiger partial charge in [-0.2, -0.15) is 5.10 Å². The second-order valence-electron chi connectivity index (χ2n) is 6.68. The van der Waals surface area contributed by atoms with Crippen molar-refractivity contribution >= 4 is 5.91 Å². The van der Waals surface area contributed by atoms with Crippen LogP contribution in [-0.2, 0) is 4.74 Å². The van der Waals surface area contributed by atoms with Crippen LogP contribution in [0.25, 0.3) is 0 Å². The molecule has 0 saturated carbocycles. The second-order valence-corrected chi connectivity index (χ2v) is 6.68. The molecule has 0 radical (unpaired) electrons. The number of hydrogen-bond donors (Lipinski definition) is 1. The first kappa shape index (κ1) is 15.3. The number of hydrogen-bond acceptors (Lipinski definition) is 6. The molecule has 0 aromatic carbocycles. The molecule has 4 rings (SSSR count). The molecule has 2 saturated heterocycles. The number of aryl methyl sites for hydroxylation is 3. The van der Waals surface area contributed by atoms with Crippen molar-refractivity contribution in [3.05, 3.63) is 28.7 Å². The second kappa shape index (κ2) is 5.70. The summed E-state index contributed by atoms with van der Waals surface area (Å²) in [5.74, 6) is 2.50. The summed E-state index contributed by atoms with van der Waals surface area (Å²) < 4.78 is 11.3. The Hall–Kier alpha value is -2.22. The zero-order chi connectivity index (χ0) is 16.8. The number of rotatable bonds is 2. The predicted octanol–water partition coefficient (Wildman–Crippen LogP) is 1.71. The first-order valence-corrected chi connectivity index (χ1v) is 8.29. The number of likely N-dealkylation sites (tertiary alicyclic amines) is 1. The van der Waals surface area contributed by atoms with E-state index in [2.05, 4.69) is 20.3 Å². The van der Waals surface area contributed by atoms with Crippen LogP contribution in [0.15, 0.2) is 4.52 Å². The van der Waals surface area contributed by atoms with Crippen molar-refractivity contribution in [2.75, 3.05) is 13.1 Å². The summed E-state index contributed by atoms with van der Waals surface area (Å²) in [6.07, 6.45) is 1.79. The summed E-state index contributed by atoms with van der Waals surface area (Å²) in [4.78, 5) is 19.0. The van der Waals surface area contributed by atoms with E-state index < -0.39 is 0 Å². The van der Waals surface area contributed by atoms with Gasteiger partial charge < -0.3 is 14.2 Å². The Morgan fingerprint density at radius 2 is 2.17 bits per heavy atom. The molecule has 0 spiro atoms. The van der Waals surface area contributed by atoms with E-state index in [9.17, 15) is 4.79 Å². The van der Waals surface area contributed by atoms with Crippen LogP contribution in [-0.4, -0.2) is 50.3 Å². The summed E-state index contributed by atoms with van der Waals surface area (Å²) in [7, 11) is 0. The van der Waals surface area contributed by atoms with Crippen LogP contribution in [0, 0.1) is 26.7 Å². The van der Waals surface area contributed by atoms with Gasteiger partial charge in [-0.3, -0.25) is 9.89 Å². The minimum atomic E-state index is -0.0842. The van der Waals surface area contributed by atoms with Crippen LogP contribution in [0.2, 0.25) is 0 Å². The Balaban J connectivity index is 1.47. The Morgan fingerprint density at radius 1 is 1.33 bits per heavy atom. The maximum Gasteiger partial charge on any atom is 0.259 e. The molecule has 2 aliphatic rings. The van der Waals surface area contributed by atoms with Crippen molar-refractivity contribution in [3.8, 4) is 0 Å². The predicted molar refractivity (Wildman–Crippen MR) is 83.3 cm³/mol. The van der Waals surface area contributed by atoms with Crippen LogP contribution < -0.4 is 0 Å². The number of aromatic amines is 1. The molecule has 24 heavy (non-hydrogen) atoms. The van der Waals surface area contributed by atoms with E-state index in [1.165, 1.54) is 0 Å². The van der Waals surface area contributed by atoms with Crippen LogP contribution >= 0.6 is 0 Å². The Labute approximate surface area is 139 Å². The third-order valence-corrected chi connectivity index (χ3v) is 4.99. The molecule has 2 fully saturated rings. The van der Waals surface area contributed by atoms with Crippen LogP contribution in [0.3, 0.4) is 0 Å². The summed E-state index contributed by atoms with van der Waals surface area (Å²) in [5, 5.41) is 11.0. The lowest BCUT2D eigenvalue weighted by Gasteiger charge is -2.34. The minimum absolute atomic E-state index is 0.0227. The van der Waals surface area contributed by atoms with Crippen LogP contribution in [0.1, 0.15) is 52.4 Å². The number of carbonyl (C=O) groups is 1. The standard InChI is InChI=1S/C16H21N5O3/c1-8-14(9(2)24-20-8)16(22)21-5-4-11-6-12(23-13(11)7-21)15-17-10(3)18-19-15/h11-13H,4-7H2,1-3H3,(H,17,18,19)/t11-,12+,13+/m0/s1. The highest BCUT2D eigenvalue weighted by Crippen LogP contribution is 2.40. The van der Waals surface area contributed by atoms with E-state index in [0.717, 1.165) is 25.2 Å². The number of piperidine rings is 1. The van der Waals surface area contributed by atoms with Crippen LogP contribution in [0.4, 0.5) is 0 Å². The van der Waals surface area contributed by atoms with Gasteiger partial charge in [0.2, 0.25) is 0 Å². The Bertz CT molecular complexity index is 748. The molecule has 0 bridgehead atoms. The van der Waals surface area contributed by atoms with Crippen molar-refractivity contribution in [3.63, 3.8) is 0 Å². The molecule has 0 aliphatic carbocycles. The third-order valence-electron chi connectivity index (χ3n) is 4.99. The molecule has 8 nitrogen and oxygen atoms in total. The van der Waals surface area contributed by atoms with Gasteiger partial charge in [0.05, 0.1) is 11.8 Å². The van der Waals surface area contributed by atoms with Crippen molar-refractivity contribution < 1.29 is 14.1 Å². The average molecular weight is 331 g/mol. The number of fused-ring (bicyclic) bond motifs is 1. The Morgan fingerprint density at radius 3 is 2.83 bits per heavy atom. The van der Waals surface area contributed by atoms with Gasteiger partial charge in [-0.25, -0.2) is 4.98 Å². The van der Waals surface area contributed by atoms with Gasteiger partial charge in [-0.05, 0) is 39.5 Å². The molecular weight excluding hydrogens is 310 g/mol. The highest BCUT2D eigenvalue weighted by molar-refractivity contribution is 5.96. The summed E-state index contributed by atoms with van der Waals surface area (Å²) in [6.45, 7) is 6.76. The molecule has 0 unspecified atom stereocenters. The quantitative estimate of drug-likeness (QED) is 0.900. The van der Waals surface area contributed by atoms with E-state index in [4.69, 9.17) is 9.26 Å². The van der Waals surface area contributed by atoms with Crippen molar-refractivity contribution in [1.82, 2.24) is 25.2 Å². The topological polar surface area (TPSA) is 97.1 Å². The van der Waals surface area contributed by atoms with Crippen molar-refractivity contribution in [1.29, 1.82) is 0 Å². The maximum absolute atomic E-state index is 12.8. The lowest BCUT2D eigenvalue weighted by Crippen LogP contribution is -2.45. The molecule has 4 heterocycles. The van der Waals surface area contributed by atoms with Crippen molar-refractivity contribution in [2.45, 2.75) is 45.8 Å². The molecule has 128 valence electrons. The zero-order valence-electron chi connectivity index (χ0n) is 14.1. The molecular formula is C16H21N5O3. The van der Waals surface area contributed by atoms with Gasteiger partial charge in [-0.1, -0.05) is 5.16 Å². The van der Waals surface area contributed by atoms with E-state index in [0.29, 0.717) is 35.3 Å². The molecule has 2 aromatic rings. The highest BCUT2D eigenvalue weighted by Gasteiger charge is 2.42. The number of H-pyrrole nitrogens is 1. The lowest BCUT2D eigenvalue weighted by molar-refractivity contribution is -0.00689. The molecule has 1 amide bonds. The van der Waals surface area contributed by atoms with E-state index in [1.54, 1.807) is 13.8 Å². The smallest absolute Gasteiger partial charge is 0.259 e. The highest BCUT2D eigenvalue weighted by atomic mass is 16.5. The number of carbonyl (C=O) groups excluding carboxylic acids is 1. The van der Waals surface area contributed by atoms with E-state index >= 15 is 0 Å². The summed E-state index contributed by atoms with van der Waals surface area (Å²) >= 11 is 0. The Kier molecular flexibility index (Phi) is 3.64. The molecule has 2 aliphatic heterocycles. The largest absolute Gasteiger partial charge is 0.365 e. The average Bonchev–Trinajstić information content (AvgIpc) is 3.25. The lowest BCUT2D eigenvalue weighted by atomic mass is 9.91. The molecule has 1 N–H and O–H groups in total. The maximum atomic E-state index is 12.8. The number of aromatic nitrogens is 4. The fourth-order valence-corrected chi connectivity index (χ4v) is 3.73. The normalized spacial score (nSPS) is 26.6. The van der Waals surface area contributed by atoms with Gasteiger partial charge in [0.25, 0.3) is 5.91 Å². The van der Waals surface area contributed by atoms with Gasteiger partial charge in [-0.15, -0.1) is 0 Å². The first-order valence-electron chi connectivity index (χ1n) is 8.29. The minimum Gasteiger partial charge on any atom is -0.365 e. The first-order chi connectivity index (χ1) is 11.5. The third kappa shape index (κ3) is 2.50. The zero-order valence-corrected chi connectivity index (χ0v) is 14.1. The van der Waals surface area contributed by atoms with Gasteiger partial charge in [0.15, 0.2) is 5.82 Å². The number of nitrogens with one attached hydrogen (secondary N) is 1. The van der Waals surface area contributed by atoms with E-state index in [-0.39, 0.29) is 18.1 Å². The number of amides is 1. The van der Waals surface area contributed by atoms with Crippen molar-refractivity contribution in [2.24, 2.45) is 5.92 Å². The van der Waals surface area contributed by atoms with Gasteiger partial charge in [0.1, 0.15) is 23.3 Å². The fraction of sp³-hybridized carbons (Fsp3) is 0.625. The molecule has 8 heteroatoms. The van der Waals surface area contributed by atoms with Gasteiger partial charge in [0, 0.05) is 13.1 Å². The summed E-state index contributed by atoms with van der Waals surface area (Å²) in [6, 6.07) is 0. The molecule has 2 aromatic heterocycles. The van der Waals surface area contributed by atoms with Crippen LogP contribution in [0.5, 0.6) is 0 Å². The number of ether oxygens (including phenoxy) is 1. The van der Waals surface area contributed by atoms with E-state index in [1.807, 2.05) is 11.8 Å². The SMILES string of the molecule is Cc1nc([C@H]2C[C@@H]3CCN(C(=O)c4c(C)noc4C)C[C@H]3O2)n[nH]1. The monoisotopic (exact) mass is 331 g/mol.